The van der Waals surface area contributed by atoms with Crippen molar-refractivity contribution in [2.24, 2.45) is 5.10 Å². The van der Waals surface area contributed by atoms with Crippen molar-refractivity contribution in [3.05, 3.63) is 105 Å². The van der Waals surface area contributed by atoms with Gasteiger partial charge in [0.15, 0.2) is 0 Å². The van der Waals surface area contributed by atoms with Crippen LogP contribution in [0.25, 0.3) is 11.3 Å². The Morgan fingerprint density at radius 1 is 0.970 bits per heavy atom. The summed E-state index contributed by atoms with van der Waals surface area (Å²) in [5, 5.41) is 12.5. The maximum atomic E-state index is 12.3. The average Bonchev–Trinajstić information content (AvgIpc) is 3.31. The lowest BCUT2D eigenvalue weighted by Gasteiger charge is -2.07. The van der Waals surface area contributed by atoms with Crippen LogP contribution in [0.2, 0.25) is 15.1 Å². The molecule has 0 atom stereocenters. The molecular weight excluding hydrogens is 483 g/mol. The molecule has 4 aromatic rings. The summed E-state index contributed by atoms with van der Waals surface area (Å²) in [6.07, 6.45) is 1.44. The summed E-state index contributed by atoms with van der Waals surface area (Å²) in [5.74, 6) is 0.287. The van der Waals surface area contributed by atoms with Crippen molar-refractivity contribution in [3.63, 3.8) is 0 Å². The van der Waals surface area contributed by atoms with E-state index in [1.165, 1.54) is 6.21 Å². The average molecular weight is 500 g/mol. The van der Waals surface area contributed by atoms with Crippen molar-refractivity contribution in [1.29, 1.82) is 0 Å². The molecule has 0 spiro atoms. The van der Waals surface area contributed by atoms with E-state index >= 15 is 0 Å². The molecule has 9 heteroatoms. The Morgan fingerprint density at radius 2 is 1.70 bits per heavy atom. The van der Waals surface area contributed by atoms with Gasteiger partial charge in [-0.1, -0.05) is 53.0 Å². The molecular formula is C24H17Cl3N4O2. The predicted molar refractivity (Wildman–Crippen MR) is 131 cm³/mol. The van der Waals surface area contributed by atoms with Crippen LogP contribution in [0, 0.1) is 0 Å². The smallest absolute Gasteiger partial charge is 0.289 e. The summed E-state index contributed by atoms with van der Waals surface area (Å²) >= 11 is 17.8. The number of hydrogen-bond acceptors (Lipinski definition) is 4. The van der Waals surface area contributed by atoms with Gasteiger partial charge in [-0.25, -0.2) is 5.43 Å². The first-order chi connectivity index (χ1) is 16.0. The highest BCUT2D eigenvalue weighted by Gasteiger charge is 2.11. The number of hydrazone groups is 1. The van der Waals surface area contributed by atoms with Crippen LogP contribution in [0.1, 0.15) is 21.6 Å². The number of H-pyrrole nitrogens is 1. The van der Waals surface area contributed by atoms with Crippen LogP contribution in [-0.4, -0.2) is 22.3 Å². The summed E-state index contributed by atoms with van der Waals surface area (Å²) in [6, 6.07) is 21.6. The first-order valence-corrected chi connectivity index (χ1v) is 10.9. The Balaban J connectivity index is 1.34. The van der Waals surface area contributed by atoms with E-state index in [4.69, 9.17) is 39.5 Å². The minimum absolute atomic E-state index is 0.271. The molecule has 6 nitrogen and oxygen atoms in total. The lowest BCUT2D eigenvalue weighted by Crippen LogP contribution is -2.18. The fourth-order valence-corrected chi connectivity index (χ4v) is 3.47. The van der Waals surface area contributed by atoms with E-state index in [0.29, 0.717) is 32.9 Å². The van der Waals surface area contributed by atoms with Gasteiger partial charge >= 0.3 is 0 Å². The van der Waals surface area contributed by atoms with E-state index in [1.54, 1.807) is 24.3 Å². The highest BCUT2D eigenvalue weighted by Crippen LogP contribution is 2.22. The zero-order valence-electron chi connectivity index (χ0n) is 17.1. The van der Waals surface area contributed by atoms with Crippen LogP contribution in [0.15, 0.2) is 77.9 Å². The van der Waals surface area contributed by atoms with Crippen molar-refractivity contribution in [2.75, 3.05) is 0 Å². The molecule has 33 heavy (non-hydrogen) atoms. The van der Waals surface area contributed by atoms with E-state index in [1.807, 2.05) is 48.5 Å². The van der Waals surface area contributed by atoms with Crippen molar-refractivity contribution in [2.45, 2.75) is 6.61 Å². The van der Waals surface area contributed by atoms with Crippen LogP contribution >= 0.6 is 34.8 Å². The molecule has 0 radical (unpaired) electrons. The zero-order chi connectivity index (χ0) is 23.2. The van der Waals surface area contributed by atoms with Crippen LogP contribution in [0.4, 0.5) is 0 Å². The lowest BCUT2D eigenvalue weighted by molar-refractivity contribution is 0.0950. The predicted octanol–water partition coefficient (Wildman–Crippen LogP) is 6.38. The number of halogens is 3. The van der Waals surface area contributed by atoms with E-state index in [2.05, 4.69) is 20.7 Å². The molecule has 2 N–H and O–H groups in total. The standard InChI is InChI=1S/C24H17Cl3N4O2/c25-18-6-1-15(2-7-18)14-33-20-9-4-16(5-10-20)22-12-23(30-29-22)24(32)31-28-13-17-3-8-19(26)11-21(17)27/h1-13H,14H2,(H,29,30)(H,31,32)/b28-13+. The van der Waals surface area contributed by atoms with Gasteiger partial charge in [-0.05, 0) is 60.2 Å². The molecule has 166 valence electrons. The third-order valence-electron chi connectivity index (χ3n) is 4.62. The Kier molecular flexibility index (Phi) is 7.29. The molecule has 0 aliphatic heterocycles. The van der Waals surface area contributed by atoms with E-state index in [-0.39, 0.29) is 5.69 Å². The van der Waals surface area contributed by atoms with Gasteiger partial charge in [0, 0.05) is 21.2 Å². The molecule has 3 aromatic carbocycles. The van der Waals surface area contributed by atoms with Gasteiger partial charge < -0.3 is 4.74 Å². The van der Waals surface area contributed by atoms with Crippen LogP contribution in [0.5, 0.6) is 5.75 Å². The first kappa shape index (κ1) is 22.9. The Labute approximate surface area is 205 Å². The summed E-state index contributed by atoms with van der Waals surface area (Å²) < 4.78 is 5.79. The van der Waals surface area contributed by atoms with E-state index < -0.39 is 5.91 Å². The van der Waals surface area contributed by atoms with E-state index in [0.717, 1.165) is 16.9 Å². The van der Waals surface area contributed by atoms with Gasteiger partial charge in [-0.2, -0.15) is 10.2 Å². The van der Waals surface area contributed by atoms with Crippen LogP contribution in [-0.2, 0) is 6.61 Å². The molecule has 0 fully saturated rings. The van der Waals surface area contributed by atoms with E-state index in [9.17, 15) is 4.79 Å². The summed E-state index contributed by atoms with van der Waals surface area (Å²) in [4.78, 5) is 12.3. The van der Waals surface area contributed by atoms with Crippen molar-refractivity contribution in [3.8, 4) is 17.0 Å². The monoisotopic (exact) mass is 498 g/mol. The minimum Gasteiger partial charge on any atom is -0.489 e. The van der Waals surface area contributed by atoms with Crippen molar-refractivity contribution in [1.82, 2.24) is 15.6 Å². The quantitative estimate of drug-likeness (QED) is 0.229. The van der Waals surface area contributed by atoms with Gasteiger partial charge in [0.05, 0.1) is 16.9 Å². The number of carbonyl (C=O) groups is 1. The highest BCUT2D eigenvalue weighted by atomic mass is 35.5. The summed E-state index contributed by atoms with van der Waals surface area (Å²) in [7, 11) is 0. The third kappa shape index (κ3) is 6.14. The number of hydrogen-bond donors (Lipinski definition) is 2. The number of ether oxygens (including phenoxy) is 1. The second-order valence-electron chi connectivity index (χ2n) is 6.97. The van der Waals surface area contributed by atoms with Crippen LogP contribution in [0.3, 0.4) is 0 Å². The van der Waals surface area contributed by atoms with Gasteiger partial charge in [0.1, 0.15) is 18.1 Å². The fourth-order valence-electron chi connectivity index (χ4n) is 2.88. The molecule has 0 aliphatic rings. The number of carbonyl (C=O) groups excluding carboxylic acids is 1. The number of nitrogens with one attached hydrogen (secondary N) is 2. The molecule has 0 aliphatic carbocycles. The topological polar surface area (TPSA) is 79.4 Å². The lowest BCUT2D eigenvalue weighted by atomic mass is 10.1. The normalized spacial score (nSPS) is 11.0. The molecule has 0 saturated carbocycles. The van der Waals surface area contributed by atoms with Gasteiger partial charge in [0.25, 0.3) is 5.91 Å². The number of benzene rings is 3. The molecule has 0 bridgehead atoms. The van der Waals surface area contributed by atoms with Crippen LogP contribution < -0.4 is 10.2 Å². The number of nitrogens with zero attached hydrogens (tertiary/aromatic N) is 2. The molecule has 0 saturated heterocycles. The van der Waals surface area contributed by atoms with Gasteiger partial charge in [-0.15, -0.1) is 0 Å². The highest BCUT2D eigenvalue weighted by molar-refractivity contribution is 6.36. The molecule has 1 amide bonds. The Hall–Kier alpha value is -3.32. The number of amides is 1. The van der Waals surface area contributed by atoms with Crippen molar-refractivity contribution < 1.29 is 9.53 Å². The third-order valence-corrected chi connectivity index (χ3v) is 5.44. The Bertz CT molecular complexity index is 1290. The van der Waals surface area contributed by atoms with Gasteiger partial charge in [-0.3, -0.25) is 9.89 Å². The summed E-state index contributed by atoms with van der Waals surface area (Å²) in [5.41, 5.74) is 5.81. The molecule has 0 unspecified atom stereocenters. The second kappa shape index (κ2) is 10.5. The number of aromatic amines is 1. The minimum atomic E-state index is -0.432. The zero-order valence-corrected chi connectivity index (χ0v) is 19.3. The first-order valence-electron chi connectivity index (χ1n) is 9.79. The summed E-state index contributed by atoms with van der Waals surface area (Å²) in [6.45, 7) is 0.436. The maximum Gasteiger partial charge on any atom is 0.289 e. The largest absolute Gasteiger partial charge is 0.489 e. The molecule has 4 rings (SSSR count). The molecule has 1 heterocycles. The van der Waals surface area contributed by atoms with Crippen molar-refractivity contribution >= 4 is 46.9 Å². The fraction of sp³-hybridized carbons (Fsp3) is 0.0417. The molecule has 1 aromatic heterocycles. The number of aromatic nitrogens is 2. The van der Waals surface area contributed by atoms with Gasteiger partial charge in [0.2, 0.25) is 0 Å². The second-order valence-corrected chi connectivity index (χ2v) is 8.25. The Morgan fingerprint density at radius 3 is 2.42 bits per heavy atom. The SMILES string of the molecule is O=C(N/N=C/c1ccc(Cl)cc1Cl)c1cc(-c2ccc(OCc3ccc(Cl)cc3)cc2)n[nH]1. The maximum absolute atomic E-state index is 12.3. The number of rotatable bonds is 7.